The molecule has 2 heterocycles. The van der Waals surface area contributed by atoms with Gasteiger partial charge in [0.25, 0.3) is 10.0 Å². The standard InChI is InChI=1S/C21H17ClN4O6S2/c1-12-18-19(17(32-21(27)24-28)11-23-20(18)33-25-12)26(2)34(29,30)16-9-7-15(8-10-16)31-14-5-3-13(22)4-6-14/h3-11,28H,1-2H3,(H,24,27). The Balaban J connectivity index is 1.70. The van der Waals surface area contributed by atoms with E-state index in [1.807, 2.05) is 0 Å². The summed E-state index contributed by atoms with van der Waals surface area (Å²) < 4.78 is 42.9. The van der Waals surface area contributed by atoms with E-state index in [1.165, 1.54) is 43.0 Å². The number of aromatic nitrogens is 2. The van der Waals surface area contributed by atoms with Gasteiger partial charge in [-0.2, -0.15) is 4.37 Å². The average molecular weight is 521 g/mol. The monoisotopic (exact) mass is 520 g/mol. The molecule has 0 aliphatic rings. The van der Waals surface area contributed by atoms with Crippen molar-refractivity contribution in [1.82, 2.24) is 14.8 Å². The van der Waals surface area contributed by atoms with Crippen molar-refractivity contribution in [2.45, 2.75) is 11.8 Å². The van der Waals surface area contributed by atoms with Gasteiger partial charge in [-0.05, 0) is 67.0 Å². The summed E-state index contributed by atoms with van der Waals surface area (Å²) in [6.07, 6.45) is -0.00249. The number of aryl methyl sites for hydroxylation is 1. The number of hydrogen-bond donors (Lipinski definition) is 2. The molecule has 0 spiro atoms. The molecule has 0 aliphatic carbocycles. The van der Waals surface area contributed by atoms with E-state index in [2.05, 4.69) is 9.36 Å². The van der Waals surface area contributed by atoms with E-state index in [-0.39, 0.29) is 16.3 Å². The van der Waals surface area contributed by atoms with Gasteiger partial charge in [-0.3, -0.25) is 9.51 Å². The van der Waals surface area contributed by atoms with E-state index in [9.17, 15) is 13.2 Å². The first-order chi connectivity index (χ1) is 16.2. The number of amides is 1. The lowest BCUT2D eigenvalue weighted by Gasteiger charge is -2.22. The Morgan fingerprint density at radius 1 is 1.12 bits per heavy atom. The van der Waals surface area contributed by atoms with Crippen molar-refractivity contribution in [3.63, 3.8) is 0 Å². The molecular weight excluding hydrogens is 504 g/mol. The number of benzene rings is 2. The van der Waals surface area contributed by atoms with Gasteiger partial charge in [0, 0.05) is 12.1 Å². The lowest BCUT2D eigenvalue weighted by Crippen LogP contribution is -2.29. The van der Waals surface area contributed by atoms with E-state index in [4.69, 9.17) is 26.3 Å². The number of carbonyl (C=O) groups excluding carboxylic acids is 1. The van der Waals surface area contributed by atoms with Crippen LogP contribution in [0.5, 0.6) is 17.2 Å². The normalized spacial score (nSPS) is 11.3. The second kappa shape index (κ2) is 9.43. The Labute approximate surface area is 203 Å². The van der Waals surface area contributed by atoms with Gasteiger partial charge in [-0.25, -0.2) is 23.7 Å². The number of pyridine rings is 1. The van der Waals surface area contributed by atoms with Crippen molar-refractivity contribution in [3.05, 3.63) is 65.4 Å². The zero-order valence-corrected chi connectivity index (χ0v) is 20.1. The second-order valence-corrected chi connectivity index (χ2v) is 10.1. The maximum Gasteiger partial charge on any atom is 0.436 e. The van der Waals surface area contributed by atoms with Gasteiger partial charge in [-0.1, -0.05) is 11.6 Å². The number of carbonyl (C=O) groups is 1. The van der Waals surface area contributed by atoms with Gasteiger partial charge >= 0.3 is 6.09 Å². The summed E-state index contributed by atoms with van der Waals surface area (Å²) in [7, 11) is -2.78. The van der Waals surface area contributed by atoms with Crippen molar-refractivity contribution in [2.75, 3.05) is 11.4 Å². The molecule has 2 aromatic heterocycles. The number of rotatable bonds is 6. The van der Waals surface area contributed by atoms with Crippen molar-refractivity contribution in [3.8, 4) is 17.2 Å². The molecule has 0 atom stereocenters. The molecule has 1 amide bonds. The van der Waals surface area contributed by atoms with E-state index >= 15 is 0 Å². The highest BCUT2D eigenvalue weighted by Crippen LogP contribution is 2.40. The van der Waals surface area contributed by atoms with Crippen LogP contribution in [0.25, 0.3) is 10.2 Å². The van der Waals surface area contributed by atoms with Gasteiger partial charge in [0.1, 0.15) is 22.0 Å². The van der Waals surface area contributed by atoms with E-state index in [1.54, 1.807) is 31.2 Å². The quantitative estimate of drug-likeness (QED) is 0.275. The van der Waals surface area contributed by atoms with Crippen LogP contribution >= 0.6 is 23.1 Å². The van der Waals surface area contributed by atoms with Crippen molar-refractivity contribution < 1.29 is 27.9 Å². The summed E-state index contributed by atoms with van der Waals surface area (Å²) in [6, 6.07) is 12.6. The molecular formula is C21H17ClN4O6S2. The lowest BCUT2D eigenvalue weighted by molar-refractivity contribution is 0.127. The zero-order valence-electron chi connectivity index (χ0n) is 17.7. The molecule has 0 radical (unpaired) electrons. The lowest BCUT2D eigenvalue weighted by atomic mass is 10.2. The molecule has 2 N–H and O–H groups in total. The van der Waals surface area contributed by atoms with E-state index in [0.717, 1.165) is 15.8 Å². The van der Waals surface area contributed by atoms with Crippen LogP contribution in [-0.2, 0) is 10.0 Å². The highest BCUT2D eigenvalue weighted by atomic mass is 35.5. The largest absolute Gasteiger partial charge is 0.457 e. The second-order valence-electron chi connectivity index (χ2n) is 6.92. The van der Waals surface area contributed by atoms with Crippen molar-refractivity contribution >= 4 is 55.2 Å². The number of anilines is 1. The number of hydrogen-bond acceptors (Lipinski definition) is 9. The van der Waals surface area contributed by atoms with E-state index < -0.39 is 16.1 Å². The molecule has 0 bridgehead atoms. The number of nitrogens with zero attached hydrogens (tertiary/aromatic N) is 3. The van der Waals surface area contributed by atoms with Gasteiger partial charge in [0.15, 0.2) is 5.75 Å². The Hall–Kier alpha value is -3.45. The third-order valence-electron chi connectivity index (χ3n) is 4.75. The molecule has 34 heavy (non-hydrogen) atoms. The maximum absolute atomic E-state index is 13.5. The van der Waals surface area contributed by atoms with Crippen LogP contribution in [-0.4, -0.2) is 36.1 Å². The Bertz CT molecular complexity index is 1460. The first kappa shape index (κ1) is 23.7. The van der Waals surface area contributed by atoms with Crippen LogP contribution in [0.2, 0.25) is 5.02 Å². The summed E-state index contributed by atoms with van der Waals surface area (Å²) in [5.74, 6) is 0.800. The molecule has 10 nitrogen and oxygen atoms in total. The maximum atomic E-state index is 13.5. The van der Waals surface area contributed by atoms with Crippen LogP contribution in [0.4, 0.5) is 10.5 Å². The minimum atomic E-state index is -4.10. The average Bonchev–Trinajstić information content (AvgIpc) is 3.21. The smallest absolute Gasteiger partial charge is 0.436 e. The van der Waals surface area contributed by atoms with Crippen molar-refractivity contribution in [2.24, 2.45) is 0 Å². The molecule has 0 saturated heterocycles. The summed E-state index contributed by atoms with van der Waals surface area (Å²) in [4.78, 5) is 16.2. The van der Waals surface area contributed by atoms with Crippen LogP contribution < -0.4 is 19.3 Å². The number of halogens is 1. The minimum Gasteiger partial charge on any atom is -0.457 e. The first-order valence-electron chi connectivity index (χ1n) is 9.60. The minimum absolute atomic E-state index is 0.0261. The fourth-order valence-corrected chi connectivity index (χ4v) is 5.22. The third kappa shape index (κ3) is 4.61. The molecule has 4 aromatic rings. The Kier molecular flexibility index (Phi) is 6.57. The van der Waals surface area contributed by atoms with Crippen LogP contribution in [0.1, 0.15) is 5.69 Å². The van der Waals surface area contributed by atoms with Gasteiger partial charge in [0.05, 0.1) is 22.2 Å². The number of sulfonamides is 1. The molecule has 0 fully saturated rings. The number of hydroxylamine groups is 1. The zero-order chi connectivity index (χ0) is 24.5. The molecule has 2 aromatic carbocycles. The topological polar surface area (TPSA) is 131 Å². The van der Waals surface area contributed by atoms with Crippen LogP contribution in [0.15, 0.2) is 59.6 Å². The number of fused-ring (bicyclic) bond motifs is 1. The molecule has 13 heteroatoms. The van der Waals surface area contributed by atoms with Gasteiger partial charge in [0.2, 0.25) is 0 Å². The summed E-state index contributed by atoms with van der Waals surface area (Å²) in [5, 5.41) is 9.80. The highest BCUT2D eigenvalue weighted by molar-refractivity contribution is 7.92. The van der Waals surface area contributed by atoms with Crippen LogP contribution in [0.3, 0.4) is 0 Å². The van der Waals surface area contributed by atoms with Gasteiger partial charge in [-0.15, -0.1) is 0 Å². The summed E-state index contributed by atoms with van der Waals surface area (Å²) in [5.41, 5.74) is 1.91. The molecule has 0 saturated carbocycles. The Morgan fingerprint density at radius 2 is 1.74 bits per heavy atom. The molecule has 176 valence electrons. The molecule has 0 unspecified atom stereocenters. The fraction of sp³-hybridized carbons (Fsp3) is 0.0952. The Morgan fingerprint density at radius 3 is 2.35 bits per heavy atom. The predicted molar refractivity (Wildman–Crippen MR) is 127 cm³/mol. The molecule has 4 rings (SSSR count). The summed E-state index contributed by atoms with van der Waals surface area (Å²) in [6.45, 7) is 1.68. The van der Waals surface area contributed by atoms with E-state index in [0.29, 0.717) is 32.4 Å². The third-order valence-corrected chi connectivity index (χ3v) is 7.63. The number of nitrogens with one attached hydrogen (secondary N) is 1. The van der Waals surface area contributed by atoms with Gasteiger partial charge < -0.3 is 9.47 Å². The highest BCUT2D eigenvalue weighted by Gasteiger charge is 2.29. The summed E-state index contributed by atoms with van der Waals surface area (Å²) >= 11 is 6.95. The van der Waals surface area contributed by atoms with Crippen LogP contribution in [0, 0.1) is 6.92 Å². The first-order valence-corrected chi connectivity index (χ1v) is 12.2. The molecule has 0 aliphatic heterocycles. The van der Waals surface area contributed by atoms with Crippen molar-refractivity contribution in [1.29, 1.82) is 0 Å². The fourth-order valence-electron chi connectivity index (χ4n) is 3.13. The predicted octanol–water partition coefficient (Wildman–Crippen LogP) is 4.75. The SMILES string of the molecule is Cc1nsc2ncc(OC(=O)NO)c(N(C)S(=O)(=O)c3ccc(Oc4ccc(Cl)cc4)cc3)c12. The number of ether oxygens (including phenoxy) is 2.